The second-order valence-corrected chi connectivity index (χ2v) is 15.0. The highest BCUT2D eigenvalue weighted by molar-refractivity contribution is 7.54. The highest BCUT2D eigenvalue weighted by atomic mass is 31.2. The number of carbonyl (C=O) groups is 4. The van der Waals surface area contributed by atoms with Crippen LogP contribution in [-0.4, -0.2) is 83.9 Å². The summed E-state index contributed by atoms with van der Waals surface area (Å²) in [5.74, 6) is 0.0514. The number of aryl methyl sites for hydroxylation is 1. The Labute approximate surface area is 294 Å². The minimum Gasteiger partial charge on any atom is -0.444 e. The van der Waals surface area contributed by atoms with Crippen molar-refractivity contribution in [1.82, 2.24) is 25.6 Å². The minimum atomic E-state index is -3.29. The fourth-order valence-corrected chi connectivity index (χ4v) is 4.72. The molecule has 2 amide bonds. The molecule has 4 N–H and O–H groups in total. The Bertz CT molecular complexity index is 1570. The van der Waals surface area contributed by atoms with E-state index in [1.807, 2.05) is 45.0 Å². The van der Waals surface area contributed by atoms with E-state index in [9.17, 15) is 23.7 Å². The lowest BCUT2D eigenvalue weighted by Gasteiger charge is -2.19. The highest BCUT2D eigenvalue weighted by Crippen LogP contribution is 2.46. The first kappa shape index (κ1) is 43.6. The van der Waals surface area contributed by atoms with E-state index in [0.717, 1.165) is 29.6 Å². The van der Waals surface area contributed by atoms with Gasteiger partial charge in [0, 0.05) is 57.2 Å². The number of rotatable bonds is 13. The molecule has 16 heteroatoms. The predicted molar refractivity (Wildman–Crippen MR) is 191 cm³/mol. The van der Waals surface area contributed by atoms with Crippen LogP contribution in [0.5, 0.6) is 0 Å². The zero-order valence-corrected chi connectivity index (χ0v) is 31.1. The summed E-state index contributed by atoms with van der Waals surface area (Å²) in [5.41, 5.74) is 6.45. The molecule has 0 aromatic carbocycles. The highest BCUT2D eigenvalue weighted by Gasteiger charge is 2.25. The Kier molecular flexibility index (Phi) is 18.8. The van der Waals surface area contributed by atoms with Gasteiger partial charge in [0.05, 0.1) is 5.56 Å². The molecular weight excluding hydrogens is 667 g/mol. The van der Waals surface area contributed by atoms with Crippen LogP contribution < -0.4 is 16.4 Å². The molecule has 0 saturated heterocycles. The van der Waals surface area contributed by atoms with E-state index in [4.69, 9.17) is 15.2 Å². The normalized spacial score (nSPS) is 11.2. The molecule has 3 aromatic heterocycles. The number of nitrogen functional groups attached to an aromatic ring is 1. The summed E-state index contributed by atoms with van der Waals surface area (Å²) >= 11 is 0. The number of nitrogens with one attached hydrogen (secondary N) is 2. The Morgan fingerprint density at radius 1 is 0.840 bits per heavy atom. The number of nitrogens with zero attached hydrogens (tertiary/aromatic N) is 3. The summed E-state index contributed by atoms with van der Waals surface area (Å²) in [6.07, 6.45) is 5.03. The van der Waals surface area contributed by atoms with E-state index in [1.54, 1.807) is 45.3 Å². The van der Waals surface area contributed by atoms with Gasteiger partial charge in [0.1, 0.15) is 29.0 Å². The fourth-order valence-electron chi connectivity index (χ4n) is 3.72. The van der Waals surface area contributed by atoms with Crippen LogP contribution in [0.2, 0.25) is 0 Å². The van der Waals surface area contributed by atoms with Crippen LogP contribution >= 0.6 is 7.60 Å². The molecule has 15 nitrogen and oxygen atoms in total. The number of amides is 2. The number of nitrogens with two attached hydrogens (primary N) is 1. The van der Waals surface area contributed by atoms with E-state index in [2.05, 4.69) is 34.6 Å². The van der Waals surface area contributed by atoms with Crippen LogP contribution in [0.3, 0.4) is 0 Å². The molecule has 0 spiro atoms. The number of anilines is 1. The predicted octanol–water partition coefficient (Wildman–Crippen LogP) is 5.91. The number of fused-ring (bicyclic) bond motifs is 1. The van der Waals surface area contributed by atoms with Crippen LogP contribution in [0.1, 0.15) is 76.9 Å². The molecule has 0 bridgehead atoms. The van der Waals surface area contributed by atoms with Crippen LogP contribution in [0.25, 0.3) is 11.0 Å². The number of hydrogen-bond acceptors (Lipinski definition) is 13. The summed E-state index contributed by atoms with van der Waals surface area (Å²) in [6, 6.07) is 11.2. The van der Waals surface area contributed by atoms with Gasteiger partial charge in [-0.05, 0) is 97.2 Å². The molecule has 276 valence electrons. The summed E-state index contributed by atoms with van der Waals surface area (Å²) in [5, 5.41) is 6.32. The number of ether oxygens (including phenoxy) is 2. The smallest absolute Gasteiger partial charge is 0.407 e. The first-order valence-corrected chi connectivity index (χ1v) is 17.7. The fraction of sp³-hybridized carbons (Fsp3) is 0.500. The first-order valence-electron chi connectivity index (χ1n) is 15.9. The monoisotopic (exact) mass is 718 g/mol. The van der Waals surface area contributed by atoms with Crippen molar-refractivity contribution in [3.05, 3.63) is 60.0 Å². The molecule has 0 unspecified atom stereocenters. The average Bonchev–Trinajstić information content (AvgIpc) is 3.04. The first-order chi connectivity index (χ1) is 23.4. The molecule has 0 fully saturated rings. The number of ketones is 1. The lowest BCUT2D eigenvalue weighted by Crippen LogP contribution is -2.33. The largest absolute Gasteiger partial charge is 0.444 e. The van der Waals surface area contributed by atoms with Crippen molar-refractivity contribution in [2.75, 3.05) is 39.2 Å². The van der Waals surface area contributed by atoms with Crippen LogP contribution in [0.15, 0.2) is 48.8 Å². The topological polar surface area (TPSA) is 211 Å². The van der Waals surface area contributed by atoms with Crippen LogP contribution in [-0.2, 0) is 34.3 Å². The lowest BCUT2D eigenvalue weighted by atomic mass is 10.2. The maximum atomic E-state index is 11.7. The number of Topliss-reactive ketones (excluding diaryl/α,β-unsaturated/α-hetero) is 1. The molecule has 3 aromatic rings. The maximum Gasteiger partial charge on any atom is 0.407 e. The lowest BCUT2D eigenvalue weighted by molar-refractivity contribution is -0.117. The van der Waals surface area contributed by atoms with Gasteiger partial charge in [-0.2, -0.15) is 0 Å². The summed E-state index contributed by atoms with van der Waals surface area (Å²) in [7, 11) is -0.819. The average molecular weight is 719 g/mol. The second kappa shape index (κ2) is 21.6. The van der Waals surface area contributed by atoms with Gasteiger partial charge in [-0.3, -0.25) is 14.2 Å². The van der Waals surface area contributed by atoms with Gasteiger partial charge in [0.25, 0.3) is 0 Å². The summed E-state index contributed by atoms with van der Waals surface area (Å²) in [4.78, 5) is 56.9. The quantitative estimate of drug-likeness (QED) is 0.107. The number of hydrogen-bond donors (Lipinski definition) is 3. The Morgan fingerprint density at radius 2 is 1.40 bits per heavy atom. The molecule has 0 aliphatic heterocycles. The standard InChI is InChI=1S/C16H21N3O2.C12H24NO6P.C6H6N2O/c1-16(2,3)21-15(20)18-11-5-7-13-9-8-12-6-4-10-17-14(12)19-13;1-12(2,3)19-11(15)13-8-6-7-10(14)9-20(16,17-4)18-5;7-6-5(4-9)2-1-3-8-6/h4,6,8-10H,5,7,11H2,1-3H3,(H,18,20);6-9H2,1-5H3,(H,13,15);1-4H,(H2,7,8). The number of aldehydes is 1. The zero-order chi connectivity index (χ0) is 37.8. The summed E-state index contributed by atoms with van der Waals surface area (Å²) in [6.45, 7) is 11.7. The number of alkyl carbamates (subject to hydrolysis) is 2. The third kappa shape index (κ3) is 19.5. The Morgan fingerprint density at radius 3 is 1.92 bits per heavy atom. The van der Waals surface area contributed by atoms with Crippen molar-refractivity contribution in [3.63, 3.8) is 0 Å². The third-order valence-corrected chi connectivity index (χ3v) is 7.88. The van der Waals surface area contributed by atoms with E-state index in [0.29, 0.717) is 31.4 Å². The number of carbonyl (C=O) groups excluding carboxylic acids is 4. The Balaban J connectivity index is 0.000000403. The van der Waals surface area contributed by atoms with Gasteiger partial charge in [0.2, 0.25) is 0 Å². The van der Waals surface area contributed by atoms with Crippen LogP contribution in [0, 0.1) is 0 Å². The van der Waals surface area contributed by atoms with Crippen molar-refractivity contribution in [2.24, 2.45) is 0 Å². The van der Waals surface area contributed by atoms with Crippen molar-refractivity contribution < 1.29 is 42.3 Å². The third-order valence-electron chi connectivity index (χ3n) is 6.02. The van der Waals surface area contributed by atoms with Gasteiger partial charge < -0.3 is 34.9 Å². The molecule has 3 heterocycles. The van der Waals surface area contributed by atoms with E-state index >= 15 is 0 Å². The molecular formula is C34H51N6O9P. The molecule has 50 heavy (non-hydrogen) atoms. The second-order valence-electron chi connectivity index (χ2n) is 12.7. The van der Waals surface area contributed by atoms with E-state index in [1.165, 1.54) is 14.2 Å². The number of aromatic nitrogens is 3. The van der Waals surface area contributed by atoms with Gasteiger partial charge in [-0.25, -0.2) is 24.5 Å². The molecule has 0 aliphatic rings. The van der Waals surface area contributed by atoms with E-state index < -0.39 is 24.9 Å². The minimum absolute atomic E-state index is 0.187. The number of pyridine rings is 3. The molecule has 3 rings (SSSR count). The van der Waals surface area contributed by atoms with Crippen molar-refractivity contribution >= 4 is 48.7 Å². The SMILES string of the molecule is CC(C)(C)OC(=O)NCCCc1ccc2cccnc2n1.COP(=O)(CC(=O)CCCNC(=O)OC(C)(C)C)OC.Nc1ncccc1C=O. The maximum absolute atomic E-state index is 11.7. The Hall–Kier alpha value is -4.46. The summed E-state index contributed by atoms with van der Waals surface area (Å²) < 4.78 is 31.3. The zero-order valence-electron chi connectivity index (χ0n) is 30.2. The van der Waals surface area contributed by atoms with Gasteiger partial charge >= 0.3 is 19.8 Å². The molecule has 0 aliphatic carbocycles. The van der Waals surface area contributed by atoms with Crippen LogP contribution in [0.4, 0.5) is 15.4 Å². The van der Waals surface area contributed by atoms with E-state index in [-0.39, 0.29) is 30.3 Å². The molecule has 0 saturated carbocycles. The van der Waals surface area contributed by atoms with Gasteiger partial charge in [-0.1, -0.05) is 0 Å². The van der Waals surface area contributed by atoms with Crippen molar-refractivity contribution in [1.29, 1.82) is 0 Å². The molecule has 0 atom stereocenters. The van der Waals surface area contributed by atoms with Gasteiger partial charge in [-0.15, -0.1) is 0 Å². The van der Waals surface area contributed by atoms with Crippen molar-refractivity contribution in [2.45, 2.75) is 78.4 Å². The van der Waals surface area contributed by atoms with Crippen molar-refractivity contribution in [3.8, 4) is 0 Å². The molecule has 0 radical (unpaired) electrons. The van der Waals surface area contributed by atoms with Gasteiger partial charge in [0.15, 0.2) is 11.9 Å².